The molecule has 618 valence electrons. The van der Waals surface area contributed by atoms with E-state index in [9.17, 15) is 53.9 Å². The van der Waals surface area contributed by atoms with Gasteiger partial charge in [-0.3, -0.25) is 14.3 Å². The standard InChI is InChI=1S/C29H32F3N5O2.C29H28F3N5O2.C19H20F3N3O.C10H10N2O2/c2*1-2-24-26(25-5-3-4-14-37(25)34-24)27(38)33-15-20-6-8-21(9-7-20)35-16-28(17-35)18-36(19-28)22-10-12-23(13-11-22)39-29(30,31)32;20-19(21,22)26-17-7-5-16(6-8-17)25-12-18(13-25)10-24(11-18)15-3-1-14(9-23)2-4-15;1-2-7-9(10(13)14)8-5-3-4-6-12(8)11-7/h6-13H,2-5,14-19H2,1H3,(H,33,38);3-14H,2,15-19H2,1H3,(H,33,38);1-8H,9-13,23H2;3-6H,2H2,1H3,(H,13,14). The molecule has 3 spiro atoms. The van der Waals surface area contributed by atoms with E-state index in [1.165, 1.54) is 42.1 Å². The molecule has 5 N–H and O–H groups in total. The van der Waals surface area contributed by atoms with E-state index in [0.29, 0.717) is 54.8 Å². The highest BCUT2D eigenvalue weighted by atomic mass is 19.4. The number of aromatic carboxylic acids is 1. The van der Waals surface area contributed by atoms with Crippen LogP contribution >= 0.6 is 0 Å². The molecule has 7 aliphatic heterocycles. The fraction of sp³-hybridized carbons (Fsp3) is 0.356. The van der Waals surface area contributed by atoms with Gasteiger partial charge in [0.25, 0.3) is 11.8 Å². The molecule has 6 saturated heterocycles. The van der Waals surface area contributed by atoms with Crippen molar-refractivity contribution < 1.29 is 73.2 Å². The predicted octanol–water partition coefficient (Wildman–Crippen LogP) is 15.0. The van der Waals surface area contributed by atoms with Crippen molar-refractivity contribution in [2.75, 3.05) is 108 Å². The molecule has 0 unspecified atom stereocenters. The summed E-state index contributed by atoms with van der Waals surface area (Å²) in [6.07, 6.45) is -5.25. The van der Waals surface area contributed by atoms with Gasteiger partial charge in [-0.25, -0.2) is 13.8 Å². The first-order valence-electron chi connectivity index (χ1n) is 39.4. The Hall–Kier alpha value is -12.2. The number of alkyl halides is 9. The van der Waals surface area contributed by atoms with Crippen molar-refractivity contribution >= 4 is 62.9 Å². The van der Waals surface area contributed by atoms with Crippen LogP contribution in [0.1, 0.15) is 104 Å². The third-order valence-electron chi connectivity index (χ3n) is 22.7. The zero-order valence-corrected chi connectivity index (χ0v) is 65.3. The number of benzene rings is 6. The molecular weight excluding hydrogens is 1540 g/mol. The number of carboxylic acid groups (broad SMARTS) is 1. The Morgan fingerprint density at radius 1 is 0.407 bits per heavy atom. The second-order valence-electron chi connectivity index (χ2n) is 31.3. The van der Waals surface area contributed by atoms with E-state index in [1.807, 2.05) is 74.1 Å². The molecule has 11 aromatic rings. The SMILES string of the molecule is CCc1nn2c(c1C(=O)NCc1ccc(N3CC4(C3)CN(c3ccc(OC(F)(F)F)cc3)C4)cc1)CCCC2.CCc1nn2ccccc2c1C(=O)NCc1ccc(N2CC3(C2)CN(c2ccc(OC(F)(F)F)cc2)C3)cc1.CCc1nn2ccccc2c1C(=O)O.NCc1ccc(N2CC3(C2)CN(c2ccc(OC(F)(F)F)cc2)C3)cc1. The number of pyridine rings is 2. The highest BCUT2D eigenvalue weighted by Crippen LogP contribution is 2.48. The van der Waals surface area contributed by atoms with E-state index in [0.717, 1.165) is 184 Å². The zero-order chi connectivity index (χ0) is 82.9. The smallest absolute Gasteiger partial charge is 0.478 e. The van der Waals surface area contributed by atoms with E-state index in [2.05, 4.69) is 130 Å². The van der Waals surface area contributed by atoms with Crippen molar-refractivity contribution in [2.24, 2.45) is 22.0 Å². The normalized spacial score (nSPS) is 16.6. The molecule has 0 atom stereocenters. The van der Waals surface area contributed by atoms with E-state index in [4.69, 9.17) is 10.8 Å². The maximum atomic E-state index is 13.0. The van der Waals surface area contributed by atoms with Gasteiger partial charge in [-0.05, 0) is 189 Å². The van der Waals surface area contributed by atoms with Crippen LogP contribution in [0, 0.1) is 16.2 Å². The Balaban J connectivity index is 0.000000130. The quantitative estimate of drug-likeness (QED) is 0.0521. The molecule has 0 radical (unpaired) electrons. The summed E-state index contributed by atoms with van der Waals surface area (Å²) >= 11 is 0. The van der Waals surface area contributed by atoms with Gasteiger partial charge >= 0.3 is 25.1 Å². The van der Waals surface area contributed by atoms with Crippen molar-refractivity contribution in [1.82, 2.24) is 39.6 Å². The Labute approximate surface area is 675 Å². The van der Waals surface area contributed by atoms with Gasteiger partial charge in [-0.15, -0.1) is 39.5 Å². The summed E-state index contributed by atoms with van der Waals surface area (Å²) in [5, 5.41) is 28.5. The molecule has 118 heavy (non-hydrogen) atoms. The fourth-order valence-corrected chi connectivity index (χ4v) is 17.0. The van der Waals surface area contributed by atoms with E-state index >= 15 is 0 Å². The van der Waals surface area contributed by atoms with Gasteiger partial charge in [0.15, 0.2) is 0 Å². The molecule has 12 heterocycles. The largest absolute Gasteiger partial charge is 0.573 e. The van der Waals surface area contributed by atoms with Crippen LogP contribution in [-0.4, -0.2) is 150 Å². The molecule has 6 fully saturated rings. The number of nitrogens with zero attached hydrogens (tertiary/aromatic N) is 12. The highest BCUT2D eigenvalue weighted by molar-refractivity contribution is 6.02. The molecule has 22 nitrogen and oxygen atoms in total. The monoisotopic (exact) mass is 1630 g/mol. The lowest BCUT2D eigenvalue weighted by Gasteiger charge is -2.61. The molecular formula is C87H90F9N15O7. The molecule has 0 aliphatic carbocycles. The number of nitrogens with one attached hydrogen (secondary N) is 2. The number of nitrogens with two attached hydrogens (primary N) is 1. The van der Waals surface area contributed by atoms with Gasteiger partial charge in [0.05, 0.1) is 44.9 Å². The number of hydrogen-bond acceptors (Lipinski definition) is 16. The lowest BCUT2D eigenvalue weighted by molar-refractivity contribution is -0.275. The molecule has 18 rings (SSSR count). The molecule has 31 heteroatoms. The Morgan fingerprint density at radius 3 is 1.03 bits per heavy atom. The number of carboxylic acids is 1. The highest BCUT2D eigenvalue weighted by Gasteiger charge is 2.54. The van der Waals surface area contributed by atoms with Crippen molar-refractivity contribution in [1.29, 1.82) is 0 Å². The van der Waals surface area contributed by atoms with Crippen LogP contribution in [0.2, 0.25) is 0 Å². The topological polar surface area (TPSA) is 221 Å². The van der Waals surface area contributed by atoms with Gasteiger partial charge in [0.2, 0.25) is 0 Å². The number of carbonyl (C=O) groups excluding carboxylic acids is 2. The number of anilines is 6. The minimum atomic E-state index is -4.68. The van der Waals surface area contributed by atoms with Crippen molar-refractivity contribution in [3.8, 4) is 17.2 Å². The summed E-state index contributed by atoms with van der Waals surface area (Å²) in [5.74, 6) is -1.68. The summed E-state index contributed by atoms with van der Waals surface area (Å²) in [6.45, 7) is 19.4. The molecule has 6 aromatic carbocycles. The lowest BCUT2D eigenvalue weighted by atomic mass is 9.72. The number of hydrogen-bond donors (Lipinski definition) is 4. The molecule has 0 bridgehead atoms. The summed E-state index contributed by atoms with van der Waals surface area (Å²) in [6, 6.07) is 54.1. The fourth-order valence-electron chi connectivity index (χ4n) is 17.0. The number of amides is 2. The zero-order valence-electron chi connectivity index (χ0n) is 65.3. The van der Waals surface area contributed by atoms with Gasteiger partial charge in [0, 0.05) is 167 Å². The third kappa shape index (κ3) is 18.2. The Morgan fingerprint density at radius 2 is 0.712 bits per heavy atom. The van der Waals surface area contributed by atoms with Gasteiger partial charge in [-0.2, -0.15) is 15.3 Å². The van der Waals surface area contributed by atoms with Crippen LogP contribution in [0.25, 0.3) is 11.0 Å². The van der Waals surface area contributed by atoms with E-state index < -0.39 is 25.1 Å². The number of ether oxygens (including phenoxy) is 3. The molecule has 5 aromatic heterocycles. The summed E-state index contributed by atoms with van der Waals surface area (Å²) in [4.78, 5) is 50.6. The maximum absolute atomic E-state index is 13.0. The molecule has 2 amide bonds. The van der Waals surface area contributed by atoms with E-state index in [1.54, 1.807) is 57.7 Å². The van der Waals surface area contributed by atoms with Crippen molar-refractivity contribution in [3.63, 3.8) is 0 Å². The van der Waals surface area contributed by atoms with Crippen LogP contribution in [-0.2, 0) is 51.9 Å². The second-order valence-corrected chi connectivity index (χ2v) is 31.3. The van der Waals surface area contributed by atoms with Crippen LogP contribution in [0.4, 0.5) is 73.6 Å². The number of aryl methyl sites for hydroxylation is 4. The summed E-state index contributed by atoms with van der Waals surface area (Å²) < 4.78 is 128. The number of aromatic nitrogens is 6. The van der Waals surface area contributed by atoms with Crippen LogP contribution in [0.15, 0.2) is 194 Å². The average Bonchev–Trinajstić information content (AvgIpc) is 1.00. The molecule has 7 aliphatic rings. The minimum Gasteiger partial charge on any atom is -0.478 e. The first-order valence-corrected chi connectivity index (χ1v) is 39.4. The first-order chi connectivity index (χ1) is 56.5. The summed E-state index contributed by atoms with van der Waals surface area (Å²) in [5.41, 5.74) is 22.3. The lowest BCUT2D eigenvalue weighted by Crippen LogP contribution is -2.72. The van der Waals surface area contributed by atoms with Crippen molar-refractivity contribution in [2.45, 2.75) is 105 Å². The van der Waals surface area contributed by atoms with E-state index in [-0.39, 0.29) is 45.3 Å². The van der Waals surface area contributed by atoms with Crippen molar-refractivity contribution in [3.05, 3.63) is 251 Å². The second kappa shape index (κ2) is 33.1. The number of halogens is 9. The Kier molecular flexibility index (Phi) is 22.7. The van der Waals surface area contributed by atoms with Crippen LogP contribution in [0.3, 0.4) is 0 Å². The average molecular weight is 1630 g/mol. The predicted molar refractivity (Wildman–Crippen MR) is 430 cm³/mol. The van der Waals surface area contributed by atoms with Gasteiger partial charge in [0.1, 0.15) is 22.8 Å². The van der Waals surface area contributed by atoms with Gasteiger partial charge in [-0.1, -0.05) is 69.3 Å². The van der Waals surface area contributed by atoms with Gasteiger partial charge < -0.3 is 65.1 Å². The Bertz CT molecular complexity index is 5350. The number of fused-ring (bicyclic) bond motifs is 3. The third-order valence-corrected chi connectivity index (χ3v) is 22.7. The van der Waals surface area contributed by atoms with Crippen LogP contribution < -0.4 is 60.0 Å². The van der Waals surface area contributed by atoms with Crippen LogP contribution in [0.5, 0.6) is 17.2 Å². The molecule has 0 saturated carbocycles. The maximum Gasteiger partial charge on any atom is 0.573 e. The first kappa shape index (κ1) is 81.0. The number of carbonyl (C=O) groups is 3. The number of rotatable bonds is 20. The summed E-state index contributed by atoms with van der Waals surface area (Å²) in [7, 11) is 0. The minimum absolute atomic E-state index is 0.0409.